The second kappa shape index (κ2) is 1.51. The van der Waals surface area contributed by atoms with Crippen LogP contribution < -0.4 is 0 Å². The minimum absolute atomic E-state index is 0.604. The molecule has 0 bridgehead atoms. The molecule has 0 fully saturated rings. The van der Waals surface area contributed by atoms with E-state index in [1.807, 2.05) is 0 Å². The molecular weight excluding hydrogens is 108 g/mol. The molecule has 0 unspecified atom stereocenters. The van der Waals surface area contributed by atoms with Crippen molar-refractivity contribution in [2.24, 2.45) is 0 Å². The highest BCUT2D eigenvalue weighted by Gasteiger charge is 2.27. The maximum Gasteiger partial charge on any atom is 0.304 e. The lowest BCUT2D eigenvalue weighted by atomic mass is 10.4. The second-order valence-corrected chi connectivity index (χ2v) is 1.64. The molecule has 0 radical (unpaired) electrons. The average molecular weight is 114 g/mol. The monoisotopic (exact) mass is 114 g/mol. The zero-order valence-electron chi connectivity index (χ0n) is 4.46. The predicted octanol–water partition coefficient (Wildman–Crippen LogP) is 0.419. The van der Waals surface area contributed by atoms with Crippen LogP contribution in [0, 0.1) is 0 Å². The third kappa shape index (κ3) is 0.665. The van der Waals surface area contributed by atoms with Gasteiger partial charge in [0.1, 0.15) is 12.5 Å². The van der Waals surface area contributed by atoms with E-state index in [2.05, 4.69) is 0 Å². The van der Waals surface area contributed by atoms with E-state index in [9.17, 15) is 4.79 Å². The van der Waals surface area contributed by atoms with Crippen LogP contribution in [0.25, 0.3) is 0 Å². The van der Waals surface area contributed by atoms with Gasteiger partial charge in [-0.05, 0) is 0 Å². The molecule has 1 aliphatic heterocycles. The van der Waals surface area contributed by atoms with Crippen LogP contribution in [0.15, 0.2) is 12.5 Å². The topological polar surface area (TPSA) is 35.5 Å². The van der Waals surface area contributed by atoms with Crippen LogP contribution in [-0.2, 0) is 14.3 Å². The van der Waals surface area contributed by atoms with Gasteiger partial charge in [0.05, 0.1) is 0 Å². The molecule has 0 aromatic heterocycles. The molecule has 3 nitrogen and oxygen atoms in total. The quantitative estimate of drug-likeness (QED) is 0.463. The van der Waals surface area contributed by atoms with Gasteiger partial charge in [-0.2, -0.15) is 0 Å². The molecular formula is C5H6O3. The van der Waals surface area contributed by atoms with Gasteiger partial charge >= 0.3 is 5.79 Å². The molecule has 0 saturated carbocycles. The first kappa shape index (κ1) is 5.15. The standard InChI is InChI=1S/C5H6O3/c1-5(4-6)7-2-3-8-5/h2-4H,1H3. The Morgan fingerprint density at radius 1 is 1.50 bits per heavy atom. The van der Waals surface area contributed by atoms with Gasteiger partial charge in [-0.3, -0.25) is 4.79 Å². The molecule has 3 heteroatoms. The Hall–Kier alpha value is -0.990. The van der Waals surface area contributed by atoms with Gasteiger partial charge in [-0.1, -0.05) is 0 Å². The molecule has 0 aromatic rings. The van der Waals surface area contributed by atoms with Gasteiger partial charge in [0.15, 0.2) is 0 Å². The fraction of sp³-hybridized carbons (Fsp3) is 0.400. The molecule has 0 aromatic carbocycles. The van der Waals surface area contributed by atoms with Gasteiger partial charge in [0.25, 0.3) is 0 Å². The Bertz CT molecular complexity index is 120. The van der Waals surface area contributed by atoms with Crippen LogP contribution in [-0.4, -0.2) is 12.1 Å². The summed E-state index contributed by atoms with van der Waals surface area (Å²) in [6.07, 6.45) is 3.29. The first-order valence-corrected chi connectivity index (χ1v) is 2.24. The highest BCUT2D eigenvalue weighted by atomic mass is 16.7. The van der Waals surface area contributed by atoms with Crippen molar-refractivity contribution in [1.82, 2.24) is 0 Å². The summed E-state index contributed by atoms with van der Waals surface area (Å²) in [6, 6.07) is 0. The summed E-state index contributed by atoms with van der Waals surface area (Å²) in [5, 5.41) is 0. The van der Waals surface area contributed by atoms with E-state index in [-0.39, 0.29) is 0 Å². The molecule has 0 N–H and O–H groups in total. The normalized spacial score (nSPS) is 21.6. The average Bonchev–Trinajstić information content (AvgIpc) is 2.17. The van der Waals surface area contributed by atoms with Crippen molar-refractivity contribution in [3.8, 4) is 0 Å². The molecule has 0 amide bonds. The van der Waals surface area contributed by atoms with Crippen LogP contribution in [0.1, 0.15) is 6.92 Å². The van der Waals surface area contributed by atoms with E-state index in [4.69, 9.17) is 9.47 Å². The van der Waals surface area contributed by atoms with Gasteiger partial charge in [-0.25, -0.2) is 0 Å². The molecule has 1 rings (SSSR count). The zero-order chi connectivity index (χ0) is 6.04. The number of carbonyl (C=O) groups is 1. The Morgan fingerprint density at radius 3 is 2.25 bits per heavy atom. The SMILES string of the molecule is CC1(C=O)OC=CO1. The summed E-state index contributed by atoms with van der Waals surface area (Å²) in [7, 11) is 0. The van der Waals surface area contributed by atoms with Crippen molar-refractivity contribution in [3.05, 3.63) is 12.5 Å². The first-order chi connectivity index (χ1) is 3.77. The third-order valence-corrected chi connectivity index (χ3v) is 0.874. The largest absolute Gasteiger partial charge is 0.451 e. The van der Waals surface area contributed by atoms with Gasteiger partial charge < -0.3 is 9.47 Å². The Balaban J connectivity index is 2.58. The van der Waals surface area contributed by atoms with Crippen molar-refractivity contribution < 1.29 is 14.3 Å². The van der Waals surface area contributed by atoms with Crippen LogP contribution >= 0.6 is 0 Å². The minimum Gasteiger partial charge on any atom is -0.451 e. The Labute approximate surface area is 46.9 Å². The van der Waals surface area contributed by atoms with E-state index >= 15 is 0 Å². The molecule has 44 valence electrons. The van der Waals surface area contributed by atoms with Crippen LogP contribution in [0.3, 0.4) is 0 Å². The number of carbonyl (C=O) groups excluding carboxylic acids is 1. The summed E-state index contributed by atoms with van der Waals surface area (Å²) in [5.41, 5.74) is 0. The number of hydrogen-bond acceptors (Lipinski definition) is 3. The van der Waals surface area contributed by atoms with Gasteiger partial charge in [0, 0.05) is 6.92 Å². The van der Waals surface area contributed by atoms with E-state index < -0.39 is 5.79 Å². The number of hydrogen-bond donors (Lipinski definition) is 0. The van der Waals surface area contributed by atoms with Crippen molar-refractivity contribution in [2.75, 3.05) is 0 Å². The first-order valence-electron chi connectivity index (χ1n) is 2.24. The van der Waals surface area contributed by atoms with Gasteiger partial charge in [-0.15, -0.1) is 0 Å². The number of ether oxygens (including phenoxy) is 2. The van der Waals surface area contributed by atoms with E-state index in [1.165, 1.54) is 12.5 Å². The number of rotatable bonds is 1. The van der Waals surface area contributed by atoms with Crippen LogP contribution in [0.4, 0.5) is 0 Å². The lowest BCUT2D eigenvalue weighted by molar-refractivity contribution is -0.153. The maximum absolute atomic E-state index is 10.0. The van der Waals surface area contributed by atoms with E-state index in [0.717, 1.165) is 0 Å². The van der Waals surface area contributed by atoms with E-state index in [1.54, 1.807) is 6.92 Å². The summed E-state index contributed by atoms with van der Waals surface area (Å²) in [6.45, 7) is 1.54. The maximum atomic E-state index is 10.0. The van der Waals surface area contributed by atoms with Crippen molar-refractivity contribution in [2.45, 2.75) is 12.7 Å². The molecule has 0 spiro atoms. The highest BCUT2D eigenvalue weighted by Crippen LogP contribution is 2.15. The summed E-state index contributed by atoms with van der Waals surface area (Å²) >= 11 is 0. The van der Waals surface area contributed by atoms with Crippen LogP contribution in [0.2, 0.25) is 0 Å². The fourth-order valence-corrected chi connectivity index (χ4v) is 0.409. The van der Waals surface area contributed by atoms with Gasteiger partial charge in [0.2, 0.25) is 6.29 Å². The lowest BCUT2D eigenvalue weighted by Crippen LogP contribution is -2.26. The summed E-state index contributed by atoms with van der Waals surface area (Å²) < 4.78 is 9.44. The smallest absolute Gasteiger partial charge is 0.304 e. The summed E-state index contributed by atoms with van der Waals surface area (Å²) in [4.78, 5) is 10.0. The molecule has 0 saturated heterocycles. The molecule has 1 heterocycles. The minimum atomic E-state index is -1.06. The molecule has 0 aliphatic carbocycles. The fourth-order valence-electron chi connectivity index (χ4n) is 0.409. The Kier molecular flexibility index (Phi) is 0.970. The van der Waals surface area contributed by atoms with Crippen molar-refractivity contribution in [3.63, 3.8) is 0 Å². The predicted molar refractivity (Wildman–Crippen MR) is 25.8 cm³/mol. The third-order valence-electron chi connectivity index (χ3n) is 0.874. The van der Waals surface area contributed by atoms with E-state index in [0.29, 0.717) is 6.29 Å². The Morgan fingerprint density at radius 2 is 2.00 bits per heavy atom. The van der Waals surface area contributed by atoms with Crippen LogP contribution in [0.5, 0.6) is 0 Å². The second-order valence-electron chi connectivity index (χ2n) is 1.64. The highest BCUT2D eigenvalue weighted by molar-refractivity contribution is 5.60. The summed E-state index contributed by atoms with van der Waals surface area (Å²) in [5.74, 6) is -1.06. The number of aldehydes is 1. The van der Waals surface area contributed by atoms with Crippen molar-refractivity contribution >= 4 is 6.29 Å². The lowest BCUT2D eigenvalue weighted by Gasteiger charge is -2.13. The molecule has 1 aliphatic rings. The van der Waals surface area contributed by atoms with Crippen molar-refractivity contribution in [1.29, 1.82) is 0 Å². The zero-order valence-corrected chi connectivity index (χ0v) is 4.46. The molecule has 0 atom stereocenters. The molecule has 8 heavy (non-hydrogen) atoms.